The van der Waals surface area contributed by atoms with Gasteiger partial charge in [0, 0.05) is 26.9 Å². The highest BCUT2D eigenvalue weighted by molar-refractivity contribution is 9.11. The molecule has 2 aromatic rings. The Morgan fingerprint density at radius 2 is 1.76 bits per heavy atom. The van der Waals surface area contributed by atoms with Crippen molar-refractivity contribution in [2.75, 3.05) is 7.05 Å². The van der Waals surface area contributed by atoms with Crippen LogP contribution in [-0.2, 0) is 6.18 Å². The van der Waals surface area contributed by atoms with Gasteiger partial charge in [-0.3, -0.25) is 4.98 Å². The number of alkyl halides is 3. The van der Waals surface area contributed by atoms with Crippen LogP contribution in [0, 0.1) is 0 Å². The number of hydrogen-bond acceptors (Lipinski definition) is 2. The first-order valence-corrected chi connectivity index (χ1v) is 7.56. The zero-order valence-corrected chi connectivity index (χ0v) is 14.1. The van der Waals surface area contributed by atoms with Gasteiger partial charge in [-0.05, 0) is 36.9 Å². The number of rotatable bonds is 3. The van der Waals surface area contributed by atoms with Crippen LogP contribution in [0.2, 0.25) is 0 Å². The molecular weight excluding hydrogens is 413 g/mol. The second kappa shape index (κ2) is 6.46. The first-order valence-electron chi connectivity index (χ1n) is 5.97. The van der Waals surface area contributed by atoms with E-state index >= 15 is 0 Å². The Balaban J connectivity index is 2.57. The second-order valence-electron chi connectivity index (χ2n) is 4.39. The van der Waals surface area contributed by atoms with Crippen LogP contribution in [-0.4, -0.2) is 12.0 Å². The van der Waals surface area contributed by atoms with Crippen LogP contribution in [0.15, 0.2) is 45.6 Å². The first kappa shape index (κ1) is 16.5. The predicted octanol–water partition coefficient (Wildman–Crippen LogP) is 4.93. The fourth-order valence-electron chi connectivity index (χ4n) is 2.14. The number of benzene rings is 1. The number of aromatic nitrogens is 1. The Morgan fingerprint density at radius 3 is 2.29 bits per heavy atom. The van der Waals surface area contributed by atoms with E-state index in [0.29, 0.717) is 5.56 Å². The Labute approximate surface area is 137 Å². The van der Waals surface area contributed by atoms with Gasteiger partial charge >= 0.3 is 6.18 Å². The van der Waals surface area contributed by atoms with Crippen molar-refractivity contribution in [3.05, 3.63) is 62.3 Å². The van der Waals surface area contributed by atoms with Gasteiger partial charge in [0.25, 0.3) is 0 Å². The lowest BCUT2D eigenvalue weighted by Gasteiger charge is -2.21. The van der Waals surface area contributed by atoms with Crippen molar-refractivity contribution < 1.29 is 13.2 Å². The number of hydrogen-bond donors (Lipinski definition) is 1. The summed E-state index contributed by atoms with van der Waals surface area (Å²) in [5.74, 6) is 0. The van der Waals surface area contributed by atoms with Gasteiger partial charge in [-0.25, -0.2) is 0 Å². The molecule has 2 rings (SSSR count). The smallest absolute Gasteiger partial charge is 0.309 e. The number of pyridine rings is 1. The molecule has 7 heteroatoms. The molecule has 0 aliphatic heterocycles. The highest BCUT2D eigenvalue weighted by atomic mass is 79.9. The van der Waals surface area contributed by atoms with E-state index in [1.807, 2.05) is 6.07 Å². The lowest BCUT2D eigenvalue weighted by molar-refractivity contribution is -0.138. The fraction of sp³-hybridized carbons (Fsp3) is 0.214. The van der Waals surface area contributed by atoms with Crippen molar-refractivity contribution in [1.29, 1.82) is 0 Å². The Bertz CT molecular complexity index is 624. The first-order chi connectivity index (χ1) is 9.82. The average molecular weight is 424 g/mol. The standard InChI is InChI=1S/C14H11Br2F3N2/c1-20-13(8-4-9(15)6-10(16)5-8)11-7-21-3-2-12(11)14(17,18)19/h2-7,13,20H,1H3. The highest BCUT2D eigenvalue weighted by Crippen LogP contribution is 2.37. The van der Waals surface area contributed by atoms with E-state index in [1.165, 1.54) is 6.20 Å². The summed E-state index contributed by atoms with van der Waals surface area (Å²) < 4.78 is 41.0. The molecule has 112 valence electrons. The van der Waals surface area contributed by atoms with Crippen molar-refractivity contribution in [2.24, 2.45) is 0 Å². The summed E-state index contributed by atoms with van der Waals surface area (Å²) in [7, 11) is 1.62. The van der Waals surface area contributed by atoms with Crippen molar-refractivity contribution in [3.8, 4) is 0 Å². The maximum atomic E-state index is 13.1. The molecule has 1 unspecified atom stereocenters. The minimum absolute atomic E-state index is 0.0949. The lowest BCUT2D eigenvalue weighted by Crippen LogP contribution is -2.22. The molecule has 1 heterocycles. The minimum Gasteiger partial charge on any atom is -0.309 e. The molecule has 0 amide bonds. The van der Waals surface area contributed by atoms with Crippen LogP contribution in [0.1, 0.15) is 22.7 Å². The Morgan fingerprint density at radius 1 is 1.14 bits per heavy atom. The number of nitrogens with one attached hydrogen (secondary N) is 1. The van der Waals surface area contributed by atoms with Gasteiger partial charge in [0.1, 0.15) is 0 Å². The molecule has 0 aliphatic rings. The number of nitrogens with zero attached hydrogens (tertiary/aromatic N) is 1. The Hall–Kier alpha value is -0.920. The van der Waals surface area contributed by atoms with Crippen molar-refractivity contribution in [2.45, 2.75) is 12.2 Å². The van der Waals surface area contributed by atoms with Crippen LogP contribution >= 0.6 is 31.9 Å². The van der Waals surface area contributed by atoms with Gasteiger partial charge in [-0.2, -0.15) is 13.2 Å². The highest BCUT2D eigenvalue weighted by Gasteiger charge is 2.35. The zero-order valence-electron chi connectivity index (χ0n) is 10.9. The summed E-state index contributed by atoms with van der Waals surface area (Å²) in [5, 5.41) is 2.92. The predicted molar refractivity (Wildman–Crippen MR) is 82.0 cm³/mol. The second-order valence-corrected chi connectivity index (χ2v) is 6.22. The monoisotopic (exact) mass is 422 g/mol. The minimum atomic E-state index is -4.42. The molecule has 0 radical (unpaired) electrons. The molecule has 1 N–H and O–H groups in total. The topological polar surface area (TPSA) is 24.9 Å². The van der Waals surface area contributed by atoms with E-state index < -0.39 is 17.8 Å². The molecule has 21 heavy (non-hydrogen) atoms. The zero-order chi connectivity index (χ0) is 15.6. The molecule has 2 nitrogen and oxygen atoms in total. The molecule has 0 aliphatic carbocycles. The third-order valence-electron chi connectivity index (χ3n) is 2.98. The third-order valence-corrected chi connectivity index (χ3v) is 3.89. The Kier molecular flexibility index (Phi) is 5.06. The maximum absolute atomic E-state index is 13.1. The summed E-state index contributed by atoms with van der Waals surface area (Å²) in [6.07, 6.45) is -2.02. The van der Waals surface area contributed by atoms with Gasteiger partial charge in [0.15, 0.2) is 0 Å². The summed E-state index contributed by atoms with van der Waals surface area (Å²) >= 11 is 6.69. The van der Waals surface area contributed by atoms with Gasteiger partial charge in [0.2, 0.25) is 0 Å². The van der Waals surface area contributed by atoms with Crippen LogP contribution in [0.5, 0.6) is 0 Å². The maximum Gasteiger partial charge on any atom is 0.416 e. The molecule has 0 saturated heterocycles. The normalized spacial score (nSPS) is 13.2. The molecule has 1 aromatic heterocycles. The summed E-state index contributed by atoms with van der Waals surface area (Å²) in [5.41, 5.74) is 0.114. The molecule has 0 fully saturated rings. The van der Waals surface area contributed by atoms with Crippen LogP contribution in [0.25, 0.3) is 0 Å². The largest absolute Gasteiger partial charge is 0.416 e. The van der Waals surface area contributed by atoms with E-state index in [-0.39, 0.29) is 5.56 Å². The molecule has 1 aromatic carbocycles. The molecule has 0 spiro atoms. The van der Waals surface area contributed by atoms with Gasteiger partial charge in [0.05, 0.1) is 11.6 Å². The van der Waals surface area contributed by atoms with Gasteiger partial charge in [-0.1, -0.05) is 31.9 Å². The average Bonchev–Trinajstić information content (AvgIpc) is 2.38. The van der Waals surface area contributed by atoms with Crippen LogP contribution in [0.3, 0.4) is 0 Å². The molecule has 0 bridgehead atoms. The summed E-state index contributed by atoms with van der Waals surface area (Å²) in [6.45, 7) is 0. The fourth-order valence-corrected chi connectivity index (χ4v) is 3.47. The quantitative estimate of drug-likeness (QED) is 0.756. The van der Waals surface area contributed by atoms with E-state index in [9.17, 15) is 13.2 Å². The number of halogens is 5. The third kappa shape index (κ3) is 3.84. The molecule has 1 atom stereocenters. The van der Waals surface area contributed by atoms with E-state index in [2.05, 4.69) is 42.2 Å². The van der Waals surface area contributed by atoms with Crippen molar-refractivity contribution in [1.82, 2.24) is 10.3 Å². The summed E-state index contributed by atoms with van der Waals surface area (Å²) in [4.78, 5) is 3.83. The van der Waals surface area contributed by atoms with Crippen LogP contribution in [0.4, 0.5) is 13.2 Å². The van der Waals surface area contributed by atoms with E-state index in [4.69, 9.17) is 0 Å². The lowest BCUT2D eigenvalue weighted by atomic mass is 9.96. The van der Waals surface area contributed by atoms with Crippen LogP contribution < -0.4 is 5.32 Å². The van der Waals surface area contributed by atoms with E-state index in [1.54, 1.807) is 19.2 Å². The van der Waals surface area contributed by atoms with Gasteiger partial charge in [-0.15, -0.1) is 0 Å². The molecule has 0 saturated carbocycles. The van der Waals surface area contributed by atoms with Crippen molar-refractivity contribution >= 4 is 31.9 Å². The van der Waals surface area contributed by atoms with Gasteiger partial charge < -0.3 is 5.32 Å². The summed E-state index contributed by atoms with van der Waals surface area (Å²) in [6, 6.07) is 5.76. The van der Waals surface area contributed by atoms with Crippen molar-refractivity contribution in [3.63, 3.8) is 0 Å². The molecular formula is C14H11Br2F3N2. The SMILES string of the molecule is CNC(c1cc(Br)cc(Br)c1)c1cnccc1C(F)(F)F. The van der Waals surface area contributed by atoms with E-state index in [0.717, 1.165) is 21.2 Å².